The van der Waals surface area contributed by atoms with Crippen LogP contribution in [-0.4, -0.2) is 47.3 Å². The van der Waals surface area contributed by atoms with Gasteiger partial charge in [0, 0.05) is 37.3 Å². The van der Waals surface area contributed by atoms with Gasteiger partial charge < -0.3 is 0 Å². The first-order valence-electron chi connectivity index (χ1n) is 9.77. The molecule has 1 saturated heterocycles. The van der Waals surface area contributed by atoms with E-state index in [1.807, 2.05) is 18.2 Å². The first kappa shape index (κ1) is 19.5. The van der Waals surface area contributed by atoms with Crippen molar-refractivity contribution in [2.75, 3.05) is 19.6 Å². The first-order valence-corrected chi connectivity index (χ1v) is 9.77. The Morgan fingerprint density at radius 3 is 2.26 bits per heavy atom. The third-order valence-corrected chi connectivity index (χ3v) is 5.61. The second kappa shape index (κ2) is 8.64. The maximum Gasteiger partial charge on any atom is 0.159 e. The summed E-state index contributed by atoms with van der Waals surface area (Å²) in [6.45, 7) is 13.1. The molecule has 1 heterocycles. The van der Waals surface area contributed by atoms with E-state index in [1.165, 1.54) is 11.1 Å². The molecule has 0 amide bonds. The lowest BCUT2D eigenvalue weighted by Gasteiger charge is -2.47. The first-order chi connectivity index (χ1) is 13.0. The molecule has 3 rings (SSSR count). The van der Waals surface area contributed by atoms with Crippen molar-refractivity contribution in [3.05, 3.63) is 83.9 Å². The Bertz CT molecular complexity index is 769. The predicted octanol–water partition coefficient (Wildman–Crippen LogP) is 4.56. The van der Waals surface area contributed by atoms with Gasteiger partial charge in [0.05, 0.1) is 6.04 Å². The van der Waals surface area contributed by atoms with Crippen LogP contribution < -0.4 is 0 Å². The standard InChI is InChI=1S/C24H30N2O/c1-5-15-25-16-19(3)26(17-18(25)2)24(22-9-7-6-8-10-22)23-13-11-21(12-14-23)20(4)27/h5-14,18-19,24H,1,15-17H2,2-4H3/t18-,19+,24?/m1/s1. The molecular weight excluding hydrogens is 332 g/mol. The minimum Gasteiger partial charge on any atom is -0.295 e. The number of carbonyl (C=O) groups excluding carboxylic acids is 1. The Labute approximate surface area is 163 Å². The van der Waals surface area contributed by atoms with Crippen LogP contribution >= 0.6 is 0 Å². The van der Waals surface area contributed by atoms with Crippen molar-refractivity contribution >= 4 is 5.78 Å². The molecule has 3 nitrogen and oxygen atoms in total. The molecule has 1 unspecified atom stereocenters. The summed E-state index contributed by atoms with van der Waals surface area (Å²) in [7, 11) is 0. The molecule has 0 aromatic heterocycles. The monoisotopic (exact) mass is 362 g/mol. The van der Waals surface area contributed by atoms with Crippen molar-refractivity contribution in [3.63, 3.8) is 0 Å². The largest absolute Gasteiger partial charge is 0.295 e. The molecule has 0 bridgehead atoms. The summed E-state index contributed by atoms with van der Waals surface area (Å²) < 4.78 is 0. The Morgan fingerprint density at radius 2 is 1.67 bits per heavy atom. The number of hydrogen-bond donors (Lipinski definition) is 0. The fourth-order valence-corrected chi connectivity index (χ4v) is 4.12. The summed E-state index contributed by atoms with van der Waals surface area (Å²) in [5, 5.41) is 0. The number of rotatable bonds is 6. The van der Waals surface area contributed by atoms with E-state index in [0.29, 0.717) is 12.1 Å². The molecule has 142 valence electrons. The Hall–Kier alpha value is -2.23. The van der Waals surface area contributed by atoms with Crippen LogP contribution in [0.15, 0.2) is 67.3 Å². The van der Waals surface area contributed by atoms with Gasteiger partial charge in [-0.3, -0.25) is 14.6 Å². The molecule has 0 saturated carbocycles. The van der Waals surface area contributed by atoms with Gasteiger partial charge in [-0.2, -0.15) is 0 Å². The van der Waals surface area contributed by atoms with Gasteiger partial charge in [0.2, 0.25) is 0 Å². The van der Waals surface area contributed by atoms with E-state index < -0.39 is 0 Å². The van der Waals surface area contributed by atoms with Gasteiger partial charge in [0.15, 0.2) is 5.78 Å². The van der Waals surface area contributed by atoms with Gasteiger partial charge in [-0.05, 0) is 31.9 Å². The zero-order chi connectivity index (χ0) is 19.4. The average Bonchev–Trinajstić information content (AvgIpc) is 2.67. The second-order valence-corrected chi connectivity index (χ2v) is 7.63. The van der Waals surface area contributed by atoms with Crippen LogP contribution in [0.3, 0.4) is 0 Å². The van der Waals surface area contributed by atoms with Crippen molar-refractivity contribution in [2.45, 2.75) is 38.9 Å². The van der Waals surface area contributed by atoms with Gasteiger partial charge in [-0.1, -0.05) is 60.7 Å². The van der Waals surface area contributed by atoms with Crippen LogP contribution in [0.25, 0.3) is 0 Å². The van der Waals surface area contributed by atoms with E-state index >= 15 is 0 Å². The lowest BCUT2D eigenvalue weighted by molar-refractivity contribution is 0.0306. The van der Waals surface area contributed by atoms with Crippen molar-refractivity contribution in [3.8, 4) is 0 Å². The lowest BCUT2D eigenvalue weighted by Crippen LogP contribution is -2.57. The van der Waals surface area contributed by atoms with E-state index in [9.17, 15) is 4.79 Å². The van der Waals surface area contributed by atoms with Crippen molar-refractivity contribution in [1.82, 2.24) is 9.80 Å². The molecular formula is C24H30N2O. The number of carbonyl (C=O) groups is 1. The van der Waals surface area contributed by atoms with Crippen LogP contribution in [0.5, 0.6) is 0 Å². The molecule has 1 fully saturated rings. The highest BCUT2D eigenvalue weighted by Gasteiger charge is 2.34. The van der Waals surface area contributed by atoms with Gasteiger partial charge in [-0.25, -0.2) is 0 Å². The molecule has 2 aromatic rings. The quantitative estimate of drug-likeness (QED) is 0.556. The molecule has 0 radical (unpaired) electrons. The molecule has 1 aliphatic rings. The van der Waals surface area contributed by atoms with Gasteiger partial charge in [-0.15, -0.1) is 6.58 Å². The molecule has 2 aromatic carbocycles. The zero-order valence-electron chi connectivity index (χ0n) is 16.6. The van der Waals surface area contributed by atoms with E-state index in [2.05, 4.69) is 72.7 Å². The topological polar surface area (TPSA) is 23.6 Å². The summed E-state index contributed by atoms with van der Waals surface area (Å²) >= 11 is 0. The van der Waals surface area contributed by atoms with Crippen molar-refractivity contribution in [2.24, 2.45) is 0 Å². The zero-order valence-corrected chi connectivity index (χ0v) is 16.6. The number of nitrogens with zero attached hydrogens (tertiary/aromatic N) is 2. The van der Waals surface area contributed by atoms with Crippen LogP contribution in [0.1, 0.15) is 48.3 Å². The fourth-order valence-electron chi connectivity index (χ4n) is 4.12. The summed E-state index contributed by atoms with van der Waals surface area (Å²) in [4.78, 5) is 16.8. The van der Waals surface area contributed by atoms with E-state index in [1.54, 1.807) is 6.92 Å². The second-order valence-electron chi connectivity index (χ2n) is 7.63. The molecule has 27 heavy (non-hydrogen) atoms. The maximum absolute atomic E-state index is 11.7. The normalized spacial score (nSPS) is 22.3. The SMILES string of the molecule is C=CCN1C[C@H](C)N(C(c2ccccc2)c2ccc(C(C)=O)cc2)C[C@H]1C. The third kappa shape index (κ3) is 4.37. The lowest BCUT2D eigenvalue weighted by atomic mass is 9.92. The fraction of sp³-hybridized carbons (Fsp3) is 0.375. The highest BCUT2D eigenvalue weighted by Crippen LogP contribution is 2.33. The minimum atomic E-state index is 0.109. The number of ketones is 1. The van der Waals surface area contributed by atoms with Gasteiger partial charge in [0.25, 0.3) is 0 Å². The number of Topliss-reactive ketones (excluding diaryl/α,β-unsaturated/α-hetero) is 1. The maximum atomic E-state index is 11.7. The van der Waals surface area contributed by atoms with Crippen molar-refractivity contribution in [1.29, 1.82) is 0 Å². The van der Waals surface area contributed by atoms with Crippen molar-refractivity contribution < 1.29 is 4.79 Å². The Kier molecular flexibility index (Phi) is 6.25. The molecule has 0 spiro atoms. The molecule has 3 heteroatoms. The van der Waals surface area contributed by atoms with Crippen LogP contribution in [0.2, 0.25) is 0 Å². The molecule has 0 N–H and O–H groups in total. The Balaban J connectivity index is 1.95. The summed E-state index contributed by atoms with van der Waals surface area (Å²) in [6.07, 6.45) is 1.99. The van der Waals surface area contributed by atoms with E-state index in [0.717, 1.165) is 25.2 Å². The van der Waals surface area contributed by atoms with Crippen LogP contribution in [0, 0.1) is 0 Å². The predicted molar refractivity (Wildman–Crippen MR) is 112 cm³/mol. The third-order valence-electron chi connectivity index (χ3n) is 5.61. The smallest absolute Gasteiger partial charge is 0.159 e. The number of piperazine rings is 1. The van der Waals surface area contributed by atoms with E-state index in [-0.39, 0.29) is 11.8 Å². The summed E-state index contributed by atoms with van der Waals surface area (Å²) in [5.74, 6) is 0.109. The van der Waals surface area contributed by atoms with E-state index in [4.69, 9.17) is 0 Å². The highest BCUT2D eigenvalue weighted by molar-refractivity contribution is 5.94. The van der Waals surface area contributed by atoms with Crippen LogP contribution in [0.4, 0.5) is 0 Å². The molecule has 1 aliphatic heterocycles. The van der Waals surface area contributed by atoms with Gasteiger partial charge in [0.1, 0.15) is 0 Å². The minimum absolute atomic E-state index is 0.109. The average molecular weight is 363 g/mol. The Morgan fingerprint density at radius 1 is 1.04 bits per heavy atom. The summed E-state index contributed by atoms with van der Waals surface area (Å²) in [5.41, 5.74) is 3.30. The highest BCUT2D eigenvalue weighted by atomic mass is 16.1. The van der Waals surface area contributed by atoms with Gasteiger partial charge >= 0.3 is 0 Å². The number of hydrogen-bond acceptors (Lipinski definition) is 3. The number of benzene rings is 2. The molecule has 0 aliphatic carbocycles. The summed E-state index contributed by atoms with van der Waals surface area (Å²) in [6, 6.07) is 19.9. The van der Waals surface area contributed by atoms with Crippen LogP contribution in [-0.2, 0) is 0 Å². The molecule has 3 atom stereocenters.